The van der Waals surface area contributed by atoms with E-state index in [1.54, 1.807) is 16.2 Å². The second-order valence-electron chi connectivity index (χ2n) is 7.32. The van der Waals surface area contributed by atoms with Gasteiger partial charge in [-0.05, 0) is 28.5 Å². The van der Waals surface area contributed by atoms with Crippen LogP contribution in [0.1, 0.15) is 41.8 Å². The first kappa shape index (κ1) is 21.9. The molecular formula is C22H28N2O3S2. The maximum absolute atomic E-state index is 12.6. The van der Waals surface area contributed by atoms with E-state index in [4.69, 9.17) is 4.74 Å². The van der Waals surface area contributed by atoms with Crippen molar-refractivity contribution in [1.82, 2.24) is 10.2 Å². The fraction of sp³-hybridized carbons (Fsp3) is 0.455. The van der Waals surface area contributed by atoms with E-state index < -0.39 is 0 Å². The molecule has 156 valence electrons. The van der Waals surface area contributed by atoms with Crippen molar-refractivity contribution in [1.29, 1.82) is 0 Å². The fourth-order valence-electron chi connectivity index (χ4n) is 3.19. The summed E-state index contributed by atoms with van der Waals surface area (Å²) < 4.78 is 5.27. The Bertz CT molecular complexity index is 785. The number of hydrogen-bond donors (Lipinski definition) is 1. The number of thiophene rings is 1. The van der Waals surface area contributed by atoms with E-state index in [1.807, 2.05) is 17.5 Å². The minimum Gasteiger partial charge on any atom is -0.378 e. The number of carbonyl (C=O) groups excluding carboxylic acids is 2. The van der Waals surface area contributed by atoms with Gasteiger partial charge in [0.05, 0.1) is 30.8 Å². The quantitative estimate of drug-likeness (QED) is 0.692. The van der Waals surface area contributed by atoms with E-state index in [2.05, 4.69) is 43.4 Å². The van der Waals surface area contributed by atoms with Gasteiger partial charge in [0.25, 0.3) is 0 Å². The molecular weight excluding hydrogens is 404 g/mol. The Balaban J connectivity index is 1.56. The van der Waals surface area contributed by atoms with Crippen molar-refractivity contribution in [3.8, 4) is 0 Å². The molecule has 2 aromatic rings. The van der Waals surface area contributed by atoms with Gasteiger partial charge in [0.15, 0.2) is 0 Å². The summed E-state index contributed by atoms with van der Waals surface area (Å²) in [5.74, 6) is 1.07. The lowest BCUT2D eigenvalue weighted by atomic mass is 9.98. The van der Waals surface area contributed by atoms with Crippen LogP contribution < -0.4 is 5.32 Å². The molecule has 3 rings (SSSR count). The van der Waals surface area contributed by atoms with Crippen molar-refractivity contribution in [3.05, 3.63) is 57.8 Å². The van der Waals surface area contributed by atoms with Crippen LogP contribution in [0.3, 0.4) is 0 Å². The maximum Gasteiger partial charge on any atom is 0.232 e. The van der Waals surface area contributed by atoms with Gasteiger partial charge in [0.2, 0.25) is 11.8 Å². The average molecular weight is 433 g/mol. The van der Waals surface area contributed by atoms with Crippen LogP contribution in [0.15, 0.2) is 41.8 Å². The maximum atomic E-state index is 12.6. The summed E-state index contributed by atoms with van der Waals surface area (Å²) in [6, 6.07) is 12.3. The van der Waals surface area contributed by atoms with Crippen molar-refractivity contribution in [2.75, 3.05) is 37.8 Å². The molecule has 1 fully saturated rings. The Kier molecular flexibility index (Phi) is 8.15. The molecule has 1 aliphatic heterocycles. The third-order valence-corrected chi connectivity index (χ3v) is 6.75. The highest BCUT2D eigenvalue weighted by Gasteiger charge is 2.20. The first-order chi connectivity index (χ1) is 14.0. The molecule has 2 heterocycles. The standard InChI is InChI=1S/C22H28N2O3S2/c1-16(2)17-5-7-18(8-6-17)22(19-4-3-13-29-19)23-20(25)14-28-15-21(26)24-9-11-27-12-10-24/h3-8,13,16,22H,9-12,14-15H2,1-2H3,(H,23,25). The summed E-state index contributed by atoms with van der Waals surface area (Å²) in [4.78, 5) is 27.7. The monoisotopic (exact) mass is 432 g/mol. The van der Waals surface area contributed by atoms with Crippen LogP contribution in [0, 0.1) is 0 Å². The van der Waals surface area contributed by atoms with Gasteiger partial charge < -0.3 is 15.0 Å². The number of rotatable bonds is 8. The molecule has 0 saturated carbocycles. The second kappa shape index (κ2) is 10.8. The van der Waals surface area contributed by atoms with Crippen LogP contribution in [-0.4, -0.2) is 54.5 Å². The van der Waals surface area contributed by atoms with Crippen molar-refractivity contribution >= 4 is 34.9 Å². The number of hydrogen-bond acceptors (Lipinski definition) is 5. The Morgan fingerprint density at radius 1 is 1.10 bits per heavy atom. The molecule has 1 saturated heterocycles. The minimum atomic E-state index is -0.167. The molecule has 1 unspecified atom stereocenters. The largest absolute Gasteiger partial charge is 0.378 e. The Hall–Kier alpha value is -1.83. The lowest BCUT2D eigenvalue weighted by Crippen LogP contribution is -2.41. The van der Waals surface area contributed by atoms with Crippen molar-refractivity contribution in [2.24, 2.45) is 0 Å². The summed E-state index contributed by atoms with van der Waals surface area (Å²) in [5.41, 5.74) is 2.35. The van der Waals surface area contributed by atoms with E-state index in [-0.39, 0.29) is 23.6 Å². The molecule has 1 aromatic carbocycles. The van der Waals surface area contributed by atoms with Gasteiger partial charge in [0.1, 0.15) is 0 Å². The van der Waals surface area contributed by atoms with Crippen LogP contribution in [0.4, 0.5) is 0 Å². The molecule has 0 aliphatic carbocycles. The van der Waals surface area contributed by atoms with Crippen LogP contribution in [0.25, 0.3) is 0 Å². The highest BCUT2D eigenvalue weighted by molar-refractivity contribution is 8.00. The molecule has 5 nitrogen and oxygen atoms in total. The summed E-state index contributed by atoms with van der Waals surface area (Å²) in [7, 11) is 0. The van der Waals surface area contributed by atoms with Crippen LogP contribution in [-0.2, 0) is 14.3 Å². The van der Waals surface area contributed by atoms with Crippen molar-refractivity contribution < 1.29 is 14.3 Å². The van der Waals surface area contributed by atoms with Crippen molar-refractivity contribution in [2.45, 2.75) is 25.8 Å². The summed E-state index contributed by atoms with van der Waals surface area (Å²) >= 11 is 2.99. The number of nitrogens with one attached hydrogen (secondary N) is 1. The Morgan fingerprint density at radius 2 is 1.79 bits per heavy atom. The highest BCUT2D eigenvalue weighted by Crippen LogP contribution is 2.27. The van der Waals surface area contributed by atoms with Gasteiger partial charge in [-0.1, -0.05) is 44.2 Å². The molecule has 0 radical (unpaired) electrons. The second-order valence-corrected chi connectivity index (χ2v) is 9.29. The predicted molar refractivity (Wildman–Crippen MR) is 120 cm³/mol. The number of nitrogens with zero attached hydrogens (tertiary/aromatic N) is 1. The van der Waals surface area contributed by atoms with E-state index in [0.29, 0.717) is 38.0 Å². The molecule has 2 amide bonds. The highest BCUT2D eigenvalue weighted by atomic mass is 32.2. The van der Waals surface area contributed by atoms with Crippen LogP contribution in [0.5, 0.6) is 0 Å². The molecule has 1 aliphatic rings. The fourth-order valence-corrected chi connectivity index (χ4v) is 4.72. The van der Waals surface area contributed by atoms with E-state index >= 15 is 0 Å². The zero-order valence-electron chi connectivity index (χ0n) is 16.9. The molecule has 1 atom stereocenters. The normalized spacial score (nSPS) is 15.3. The Labute approximate surface area is 180 Å². The SMILES string of the molecule is CC(C)c1ccc(C(NC(=O)CSCC(=O)N2CCOCC2)c2cccs2)cc1. The molecule has 7 heteroatoms. The van der Waals surface area contributed by atoms with Gasteiger partial charge in [-0.3, -0.25) is 9.59 Å². The molecule has 0 spiro atoms. The lowest BCUT2D eigenvalue weighted by molar-refractivity contribution is -0.132. The number of ether oxygens (including phenoxy) is 1. The zero-order valence-corrected chi connectivity index (χ0v) is 18.6. The third kappa shape index (κ3) is 6.32. The number of amides is 2. The van der Waals surface area contributed by atoms with Gasteiger partial charge in [0, 0.05) is 18.0 Å². The lowest BCUT2D eigenvalue weighted by Gasteiger charge is -2.26. The zero-order chi connectivity index (χ0) is 20.6. The molecule has 1 N–H and O–H groups in total. The average Bonchev–Trinajstić information content (AvgIpc) is 3.27. The number of benzene rings is 1. The number of morpholine rings is 1. The Morgan fingerprint density at radius 3 is 2.41 bits per heavy atom. The smallest absolute Gasteiger partial charge is 0.232 e. The topological polar surface area (TPSA) is 58.6 Å². The van der Waals surface area contributed by atoms with Gasteiger partial charge >= 0.3 is 0 Å². The van der Waals surface area contributed by atoms with Crippen LogP contribution in [0.2, 0.25) is 0 Å². The van der Waals surface area contributed by atoms with Crippen LogP contribution >= 0.6 is 23.1 Å². The summed E-state index contributed by atoms with van der Waals surface area (Å²) in [5, 5.41) is 5.16. The van der Waals surface area contributed by atoms with E-state index in [9.17, 15) is 9.59 Å². The summed E-state index contributed by atoms with van der Waals surface area (Å²) in [6.07, 6.45) is 0. The molecule has 0 bridgehead atoms. The van der Waals surface area contributed by atoms with Gasteiger partial charge in [-0.2, -0.15) is 0 Å². The van der Waals surface area contributed by atoms with E-state index in [0.717, 1.165) is 10.4 Å². The number of carbonyl (C=O) groups is 2. The summed E-state index contributed by atoms with van der Waals surface area (Å²) in [6.45, 7) is 6.80. The number of thioether (sulfide) groups is 1. The molecule has 29 heavy (non-hydrogen) atoms. The van der Waals surface area contributed by atoms with E-state index in [1.165, 1.54) is 17.3 Å². The van der Waals surface area contributed by atoms with Gasteiger partial charge in [-0.15, -0.1) is 23.1 Å². The first-order valence-corrected chi connectivity index (χ1v) is 11.9. The van der Waals surface area contributed by atoms with Gasteiger partial charge in [-0.25, -0.2) is 0 Å². The van der Waals surface area contributed by atoms with Crippen molar-refractivity contribution in [3.63, 3.8) is 0 Å². The minimum absolute atomic E-state index is 0.0592. The third-order valence-electron chi connectivity index (χ3n) is 4.89. The first-order valence-electron chi connectivity index (χ1n) is 9.90. The molecule has 1 aromatic heterocycles. The predicted octanol–water partition coefficient (Wildman–Crippen LogP) is 3.67.